The number of hydrogen-bond donors (Lipinski definition) is 2. The zero-order chi connectivity index (χ0) is 25.8. The molecule has 194 valence electrons. The van der Waals surface area contributed by atoms with E-state index < -0.39 is 5.97 Å². The van der Waals surface area contributed by atoms with Gasteiger partial charge in [0, 0.05) is 37.0 Å². The van der Waals surface area contributed by atoms with E-state index in [1.165, 1.54) is 12.1 Å². The molecule has 0 bridgehead atoms. The second kappa shape index (κ2) is 11.0. The summed E-state index contributed by atoms with van der Waals surface area (Å²) in [5.74, 6) is -0.262. The summed E-state index contributed by atoms with van der Waals surface area (Å²) >= 11 is 0. The van der Waals surface area contributed by atoms with E-state index in [0.717, 1.165) is 61.4 Å². The van der Waals surface area contributed by atoms with E-state index in [1.807, 2.05) is 25.1 Å². The van der Waals surface area contributed by atoms with Crippen LogP contribution in [0.15, 0.2) is 66.7 Å². The van der Waals surface area contributed by atoms with Gasteiger partial charge in [-0.1, -0.05) is 36.4 Å². The molecule has 6 nitrogen and oxygen atoms in total. The van der Waals surface area contributed by atoms with Gasteiger partial charge >= 0.3 is 5.97 Å². The van der Waals surface area contributed by atoms with E-state index in [4.69, 9.17) is 15.2 Å². The first kappa shape index (κ1) is 25.3. The van der Waals surface area contributed by atoms with Crippen molar-refractivity contribution in [3.63, 3.8) is 0 Å². The van der Waals surface area contributed by atoms with Gasteiger partial charge in [-0.15, -0.1) is 0 Å². The van der Waals surface area contributed by atoms with Crippen molar-refractivity contribution in [1.29, 1.82) is 0 Å². The molecule has 2 heterocycles. The van der Waals surface area contributed by atoms with Crippen LogP contribution in [-0.4, -0.2) is 37.4 Å². The van der Waals surface area contributed by atoms with Crippen LogP contribution in [0.1, 0.15) is 48.9 Å². The van der Waals surface area contributed by atoms with Gasteiger partial charge in [-0.25, -0.2) is 0 Å². The second-order valence-electron chi connectivity index (χ2n) is 10.6. The summed E-state index contributed by atoms with van der Waals surface area (Å²) in [5.41, 5.74) is 12.8. The fourth-order valence-corrected chi connectivity index (χ4v) is 5.51. The maximum absolute atomic E-state index is 11.3. The summed E-state index contributed by atoms with van der Waals surface area (Å²) in [6, 6.07) is 22.4. The lowest BCUT2D eigenvalue weighted by Crippen LogP contribution is -2.40. The number of aliphatic carboxylic acids is 1. The van der Waals surface area contributed by atoms with Gasteiger partial charge in [-0.05, 0) is 84.2 Å². The molecule has 2 aliphatic rings. The maximum Gasteiger partial charge on any atom is 0.307 e. The summed E-state index contributed by atoms with van der Waals surface area (Å²) in [5, 5.41) is 9.28. The van der Waals surface area contributed by atoms with Crippen molar-refractivity contribution >= 4 is 11.7 Å². The molecule has 5 rings (SSSR count). The summed E-state index contributed by atoms with van der Waals surface area (Å²) in [6.45, 7) is 6.15. The van der Waals surface area contributed by atoms with E-state index in [2.05, 4.69) is 47.4 Å². The summed E-state index contributed by atoms with van der Waals surface area (Å²) < 4.78 is 11.9. The Kier molecular flexibility index (Phi) is 7.49. The molecule has 6 heteroatoms. The predicted octanol–water partition coefficient (Wildman–Crippen LogP) is 5.59. The highest BCUT2D eigenvalue weighted by molar-refractivity contribution is 5.72. The monoisotopic (exact) mass is 500 g/mol. The molecule has 0 aliphatic carbocycles. The maximum atomic E-state index is 11.3. The first-order valence-corrected chi connectivity index (χ1v) is 13.2. The standard InChI is InChI=1S/C31H36N2O4/c1-22(32)24-6-4-7-25(17-24)27-15-23(20-37-29-8-3-2-5-26(29)19-30(34)35)16-28(18-27)33-12-9-31(10-13-33)11-14-36-21-31/h2-8,15-18,22H,9-14,19-21,32H2,1H3,(H,34,35)/t22-/m0/s1. The highest BCUT2D eigenvalue weighted by Crippen LogP contribution is 2.41. The molecular weight excluding hydrogens is 464 g/mol. The number of piperidine rings is 1. The molecule has 3 aromatic carbocycles. The fourth-order valence-electron chi connectivity index (χ4n) is 5.51. The highest BCUT2D eigenvalue weighted by atomic mass is 16.5. The first-order valence-electron chi connectivity index (χ1n) is 13.2. The number of carboxylic acids is 1. The lowest BCUT2D eigenvalue weighted by molar-refractivity contribution is -0.136. The topological polar surface area (TPSA) is 85.0 Å². The van der Waals surface area contributed by atoms with Crippen LogP contribution in [0.25, 0.3) is 11.1 Å². The number of para-hydroxylation sites is 1. The predicted molar refractivity (Wildman–Crippen MR) is 146 cm³/mol. The average Bonchev–Trinajstić information content (AvgIpc) is 3.36. The number of carboxylic acid groups (broad SMARTS) is 1. The Hall–Kier alpha value is -3.35. The molecule has 0 unspecified atom stereocenters. The minimum atomic E-state index is -0.870. The summed E-state index contributed by atoms with van der Waals surface area (Å²) in [7, 11) is 0. The van der Waals surface area contributed by atoms with Crippen molar-refractivity contribution in [2.75, 3.05) is 31.2 Å². The van der Waals surface area contributed by atoms with Crippen molar-refractivity contribution in [2.24, 2.45) is 11.1 Å². The molecule has 3 N–H and O–H groups in total. The Morgan fingerprint density at radius 1 is 1.05 bits per heavy atom. The van der Waals surface area contributed by atoms with E-state index >= 15 is 0 Å². The van der Waals surface area contributed by atoms with Crippen LogP contribution in [0.4, 0.5) is 5.69 Å². The van der Waals surface area contributed by atoms with E-state index in [9.17, 15) is 9.90 Å². The van der Waals surface area contributed by atoms with Gasteiger partial charge in [-0.2, -0.15) is 0 Å². The number of carbonyl (C=O) groups is 1. The van der Waals surface area contributed by atoms with Crippen LogP contribution in [0.3, 0.4) is 0 Å². The average molecular weight is 501 g/mol. The lowest BCUT2D eigenvalue weighted by atomic mass is 9.78. The number of rotatable bonds is 8. The number of nitrogens with two attached hydrogens (primary N) is 1. The van der Waals surface area contributed by atoms with Crippen molar-refractivity contribution in [2.45, 2.75) is 45.3 Å². The van der Waals surface area contributed by atoms with Gasteiger partial charge in [-0.3, -0.25) is 4.79 Å². The van der Waals surface area contributed by atoms with Crippen molar-refractivity contribution in [3.05, 3.63) is 83.4 Å². The largest absolute Gasteiger partial charge is 0.489 e. The molecule has 37 heavy (non-hydrogen) atoms. The number of ether oxygens (including phenoxy) is 2. The van der Waals surface area contributed by atoms with Crippen LogP contribution >= 0.6 is 0 Å². The SMILES string of the molecule is C[C@H](N)c1cccc(-c2cc(COc3ccccc3CC(=O)O)cc(N3CCC4(CCOC4)CC3)c2)c1. The molecule has 2 saturated heterocycles. The molecule has 0 amide bonds. The van der Waals surface area contributed by atoms with Gasteiger partial charge in [0.25, 0.3) is 0 Å². The molecule has 0 saturated carbocycles. The van der Waals surface area contributed by atoms with Crippen LogP contribution in [0.2, 0.25) is 0 Å². The normalized spacial score (nSPS) is 17.6. The zero-order valence-corrected chi connectivity index (χ0v) is 21.5. The third-order valence-electron chi connectivity index (χ3n) is 7.81. The summed E-state index contributed by atoms with van der Waals surface area (Å²) in [6.07, 6.45) is 3.39. The van der Waals surface area contributed by atoms with Gasteiger partial charge in [0.2, 0.25) is 0 Å². The Balaban J connectivity index is 1.43. The van der Waals surface area contributed by atoms with Crippen LogP contribution in [0.5, 0.6) is 5.75 Å². The van der Waals surface area contributed by atoms with Gasteiger partial charge < -0.3 is 25.2 Å². The smallest absolute Gasteiger partial charge is 0.307 e. The third kappa shape index (κ3) is 5.97. The van der Waals surface area contributed by atoms with Crippen molar-refractivity contribution in [3.8, 4) is 16.9 Å². The second-order valence-corrected chi connectivity index (χ2v) is 10.6. The summed E-state index contributed by atoms with van der Waals surface area (Å²) in [4.78, 5) is 13.8. The molecule has 2 fully saturated rings. The van der Waals surface area contributed by atoms with Gasteiger partial charge in [0.05, 0.1) is 13.0 Å². The number of nitrogens with zero attached hydrogens (tertiary/aromatic N) is 1. The van der Waals surface area contributed by atoms with Gasteiger partial charge in [0.15, 0.2) is 0 Å². The van der Waals surface area contributed by atoms with Crippen LogP contribution in [-0.2, 0) is 22.6 Å². The number of hydrogen-bond acceptors (Lipinski definition) is 5. The zero-order valence-electron chi connectivity index (χ0n) is 21.5. The number of benzene rings is 3. The van der Waals surface area contributed by atoms with Gasteiger partial charge in [0.1, 0.15) is 12.4 Å². The molecule has 3 aromatic rings. The molecule has 0 aromatic heterocycles. The first-order chi connectivity index (χ1) is 17.9. The molecule has 2 aliphatic heterocycles. The molecule has 1 atom stereocenters. The van der Waals surface area contributed by atoms with Crippen LogP contribution < -0.4 is 15.4 Å². The minimum Gasteiger partial charge on any atom is -0.489 e. The Bertz CT molecular complexity index is 1240. The highest BCUT2D eigenvalue weighted by Gasteiger charge is 2.38. The van der Waals surface area contributed by atoms with Crippen molar-refractivity contribution in [1.82, 2.24) is 0 Å². The Labute approximate surface area is 219 Å². The number of anilines is 1. The van der Waals surface area contributed by atoms with Crippen molar-refractivity contribution < 1.29 is 19.4 Å². The fraction of sp³-hybridized carbons (Fsp3) is 0.387. The third-order valence-corrected chi connectivity index (χ3v) is 7.81. The van der Waals surface area contributed by atoms with E-state index in [-0.39, 0.29) is 12.5 Å². The Morgan fingerprint density at radius 2 is 1.86 bits per heavy atom. The minimum absolute atomic E-state index is 0.0383. The molecule has 1 spiro atoms. The quantitative estimate of drug-likeness (QED) is 0.420. The lowest BCUT2D eigenvalue weighted by Gasteiger charge is -2.39. The van der Waals surface area contributed by atoms with E-state index in [1.54, 1.807) is 6.07 Å². The Morgan fingerprint density at radius 3 is 2.59 bits per heavy atom. The molecular formula is C31H36N2O4. The van der Waals surface area contributed by atoms with E-state index in [0.29, 0.717) is 23.3 Å². The van der Waals surface area contributed by atoms with Crippen LogP contribution in [0, 0.1) is 5.41 Å². The molecule has 0 radical (unpaired) electrons.